The van der Waals surface area contributed by atoms with E-state index in [1.807, 2.05) is 12.1 Å². The van der Waals surface area contributed by atoms with E-state index in [0.29, 0.717) is 11.0 Å². The number of hydrogen-bond donors (Lipinski definition) is 1. The van der Waals surface area contributed by atoms with E-state index in [9.17, 15) is 19.2 Å². The number of carboxylic acids is 1. The van der Waals surface area contributed by atoms with Gasteiger partial charge in [0.25, 0.3) is 5.91 Å². The Labute approximate surface area is 223 Å². The van der Waals surface area contributed by atoms with Gasteiger partial charge in [-0.1, -0.05) is 55.9 Å². The van der Waals surface area contributed by atoms with Gasteiger partial charge in [0.2, 0.25) is 0 Å². The average Bonchev–Trinajstić information content (AvgIpc) is 3.35. The fraction of sp³-hybridized carbons (Fsp3) is 0.643. The highest BCUT2D eigenvalue weighted by molar-refractivity contribution is 6.02. The van der Waals surface area contributed by atoms with Crippen LogP contribution in [0.25, 0.3) is 11.0 Å². The second kappa shape index (κ2) is 14.6. The number of hydrogen-bond acceptors (Lipinski definition) is 8. The van der Waals surface area contributed by atoms with Gasteiger partial charge in [-0.3, -0.25) is 19.2 Å². The minimum absolute atomic E-state index is 0.0262. The largest absolute Gasteiger partial charge is 0.481 e. The number of rotatable bonds is 8. The topological polar surface area (TPSA) is 138 Å². The van der Waals surface area contributed by atoms with Crippen LogP contribution in [0.4, 0.5) is 0 Å². The van der Waals surface area contributed by atoms with Crippen molar-refractivity contribution in [2.45, 2.75) is 78.1 Å². The number of aromatic nitrogens is 3. The Morgan fingerprint density at radius 3 is 1.87 bits per heavy atom. The van der Waals surface area contributed by atoms with Crippen molar-refractivity contribution in [2.75, 3.05) is 13.2 Å². The van der Waals surface area contributed by atoms with Crippen molar-refractivity contribution in [1.29, 1.82) is 0 Å². The second-order valence-corrected chi connectivity index (χ2v) is 9.92. The number of para-hydroxylation sites is 1. The predicted molar refractivity (Wildman–Crippen MR) is 139 cm³/mol. The van der Waals surface area contributed by atoms with Crippen LogP contribution in [0.15, 0.2) is 24.3 Å². The van der Waals surface area contributed by atoms with Crippen molar-refractivity contribution >= 4 is 34.8 Å². The Bertz CT molecular complexity index is 1090. The Kier molecular flexibility index (Phi) is 11.2. The summed E-state index contributed by atoms with van der Waals surface area (Å²) in [6, 6.07) is 7.26. The zero-order valence-corrected chi connectivity index (χ0v) is 22.3. The molecule has 0 saturated heterocycles. The summed E-state index contributed by atoms with van der Waals surface area (Å²) in [4.78, 5) is 47.9. The van der Waals surface area contributed by atoms with Gasteiger partial charge in [-0.05, 0) is 63.5 Å². The van der Waals surface area contributed by atoms with Gasteiger partial charge in [-0.15, -0.1) is 5.10 Å². The summed E-state index contributed by atoms with van der Waals surface area (Å²) in [5.74, 6) is -4.13. The Morgan fingerprint density at radius 2 is 1.34 bits per heavy atom. The first-order valence-corrected chi connectivity index (χ1v) is 13.8. The minimum atomic E-state index is -1.04. The molecule has 1 N–H and O–H groups in total. The smallest absolute Gasteiger partial charge is 0.320 e. The lowest BCUT2D eigenvalue weighted by molar-refractivity contribution is -0.161. The molecule has 2 atom stereocenters. The van der Waals surface area contributed by atoms with Crippen LogP contribution in [-0.2, 0) is 23.9 Å². The van der Waals surface area contributed by atoms with E-state index >= 15 is 0 Å². The lowest BCUT2D eigenvalue weighted by Crippen LogP contribution is -2.37. The molecule has 0 spiro atoms. The number of benzene rings is 1. The van der Waals surface area contributed by atoms with Crippen LogP contribution >= 0.6 is 0 Å². The Balaban J connectivity index is 0.000000232. The number of fused-ring (bicyclic) bond motifs is 1. The van der Waals surface area contributed by atoms with Crippen LogP contribution in [0, 0.1) is 23.7 Å². The average molecular weight is 530 g/mol. The molecule has 2 saturated carbocycles. The molecule has 38 heavy (non-hydrogen) atoms. The van der Waals surface area contributed by atoms with Crippen LogP contribution in [0.1, 0.15) is 82.9 Å². The number of ether oxygens (including phenoxy) is 2. The molecule has 1 heterocycles. The van der Waals surface area contributed by atoms with Gasteiger partial charge in [0.05, 0.1) is 18.7 Å². The zero-order valence-electron chi connectivity index (χ0n) is 22.3. The fourth-order valence-corrected chi connectivity index (χ4v) is 5.55. The van der Waals surface area contributed by atoms with Crippen molar-refractivity contribution in [3.63, 3.8) is 0 Å². The van der Waals surface area contributed by atoms with Gasteiger partial charge < -0.3 is 14.6 Å². The number of carbonyl (C=O) groups is 4. The second-order valence-electron chi connectivity index (χ2n) is 9.92. The lowest BCUT2D eigenvalue weighted by atomic mass is 9.79. The molecule has 2 aromatic rings. The summed E-state index contributed by atoms with van der Waals surface area (Å²) in [6.45, 7) is 3.96. The van der Waals surface area contributed by atoms with E-state index in [0.717, 1.165) is 64.2 Å². The molecule has 2 fully saturated rings. The Hall–Kier alpha value is -3.30. The van der Waals surface area contributed by atoms with E-state index in [-0.39, 0.29) is 31.0 Å². The van der Waals surface area contributed by atoms with Gasteiger partial charge >= 0.3 is 17.9 Å². The maximum atomic E-state index is 13.0. The molecule has 2 aliphatic rings. The summed E-state index contributed by atoms with van der Waals surface area (Å²) >= 11 is 0. The van der Waals surface area contributed by atoms with E-state index in [4.69, 9.17) is 14.6 Å². The van der Waals surface area contributed by atoms with Gasteiger partial charge in [0.1, 0.15) is 11.4 Å². The first kappa shape index (κ1) is 29.3. The van der Waals surface area contributed by atoms with E-state index in [2.05, 4.69) is 10.3 Å². The third kappa shape index (κ3) is 7.39. The normalized spacial score (nSPS) is 18.1. The van der Waals surface area contributed by atoms with Crippen LogP contribution in [0.5, 0.6) is 0 Å². The molecular weight excluding hydrogens is 490 g/mol. The molecule has 4 rings (SSSR count). The first-order valence-electron chi connectivity index (χ1n) is 13.8. The third-order valence-electron chi connectivity index (χ3n) is 7.42. The molecule has 0 bridgehead atoms. The minimum Gasteiger partial charge on any atom is -0.481 e. The predicted octanol–water partition coefficient (Wildman–Crippen LogP) is 4.66. The van der Waals surface area contributed by atoms with Gasteiger partial charge in [0.15, 0.2) is 5.92 Å². The quantitative estimate of drug-likeness (QED) is 0.382. The first-order chi connectivity index (χ1) is 18.4. The molecule has 2 unspecified atom stereocenters. The van der Waals surface area contributed by atoms with Crippen molar-refractivity contribution < 1.29 is 33.8 Å². The molecule has 0 aliphatic heterocycles. The van der Waals surface area contributed by atoms with Gasteiger partial charge in [0, 0.05) is 0 Å². The molecule has 10 heteroatoms. The molecule has 1 aromatic heterocycles. The highest BCUT2D eigenvalue weighted by Crippen LogP contribution is 2.33. The third-order valence-corrected chi connectivity index (χ3v) is 7.42. The van der Waals surface area contributed by atoms with Crippen LogP contribution in [0.2, 0.25) is 0 Å². The van der Waals surface area contributed by atoms with Crippen LogP contribution < -0.4 is 0 Å². The number of carboxylic acid groups (broad SMARTS) is 1. The van der Waals surface area contributed by atoms with Crippen molar-refractivity contribution in [1.82, 2.24) is 15.0 Å². The number of aliphatic carboxylic acids is 1. The van der Waals surface area contributed by atoms with Gasteiger partial charge in [-0.25, -0.2) is 0 Å². The standard InChI is InChI=1S/C17H21N3O3.C11H18O4/c1-2-23-17(22)15(12-8-4-3-5-9-12)16(21)20-14-11-7-6-10-13(14)18-19-20;1-2-15-11(14)9(10(12)13)8-6-4-3-5-7-8/h6-7,10-12,15H,2-5,8-9H2,1H3;8-9H,2-7H2,1H3,(H,12,13). The zero-order chi connectivity index (χ0) is 27.5. The van der Waals surface area contributed by atoms with Crippen molar-refractivity contribution in [2.24, 2.45) is 23.7 Å². The van der Waals surface area contributed by atoms with E-state index < -0.39 is 29.7 Å². The van der Waals surface area contributed by atoms with Gasteiger partial charge in [-0.2, -0.15) is 4.68 Å². The lowest BCUT2D eigenvalue weighted by Gasteiger charge is -2.27. The summed E-state index contributed by atoms with van der Waals surface area (Å²) in [5.41, 5.74) is 1.27. The van der Waals surface area contributed by atoms with Crippen LogP contribution in [-0.4, -0.2) is 57.1 Å². The van der Waals surface area contributed by atoms with E-state index in [1.165, 1.54) is 4.68 Å². The molecule has 10 nitrogen and oxygen atoms in total. The Morgan fingerprint density at radius 1 is 0.842 bits per heavy atom. The molecule has 0 amide bonds. The fourth-order valence-electron chi connectivity index (χ4n) is 5.55. The maximum absolute atomic E-state index is 13.0. The number of esters is 2. The summed E-state index contributed by atoms with van der Waals surface area (Å²) in [7, 11) is 0. The SMILES string of the molecule is CCOC(=O)C(C(=O)O)C1CCCCC1.CCOC(=O)C(C(=O)n1nnc2ccccc21)C1CCCCC1. The summed E-state index contributed by atoms with van der Waals surface area (Å²) in [5, 5.41) is 17.0. The highest BCUT2D eigenvalue weighted by Gasteiger charge is 2.39. The molecule has 0 radical (unpaired) electrons. The molecular formula is C28H39N3O7. The van der Waals surface area contributed by atoms with Crippen LogP contribution in [0.3, 0.4) is 0 Å². The highest BCUT2D eigenvalue weighted by atomic mass is 16.5. The summed E-state index contributed by atoms with van der Waals surface area (Å²) in [6.07, 6.45) is 9.85. The maximum Gasteiger partial charge on any atom is 0.320 e. The summed E-state index contributed by atoms with van der Waals surface area (Å²) < 4.78 is 11.2. The molecule has 2 aliphatic carbocycles. The van der Waals surface area contributed by atoms with E-state index in [1.54, 1.807) is 26.0 Å². The molecule has 1 aromatic carbocycles. The van der Waals surface area contributed by atoms with Crippen molar-refractivity contribution in [3.8, 4) is 0 Å². The monoisotopic (exact) mass is 529 g/mol. The van der Waals surface area contributed by atoms with Crippen molar-refractivity contribution in [3.05, 3.63) is 24.3 Å². The molecule has 208 valence electrons. The number of nitrogens with zero attached hydrogens (tertiary/aromatic N) is 3. The number of carbonyl (C=O) groups excluding carboxylic acids is 3.